The van der Waals surface area contributed by atoms with E-state index in [4.69, 9.17) is 0 Å². The normalized spacial score (nSPS) is 9.24. The van der Waals surface area contributed by atoms with E-state index in [-0.39, 0.29) is 10.1 Å². The Hall–Kier alpha value is -0.187. The van der Waals surface area contributed by atoms with Crippen LogP contribution in [0.3, 0.4) is 0 Å². The van der Waals surface area contributed by atoms with Crippen LogP contribution in [0, 0.1) is 0 Å². The predicted octanol–water partition coefficient (Wildman–Crippen LogP) is 4.04. The quantitative estimate of drug-likeness (QED) is 0.114. The van der Waals surface area contributed by atoms with Gasteiger partial charge in [0.25, 0.3) is 0 Å². The van der Waals surface area contributed by atoms with Crippen LogP contribution in [0.25, 0.3) is 5.43 Å². The van der Waals surface area contributed by atoms with E-state index < -0.39 is 0 Å². The van der Waals surface area contributed by atoms with Crippen LogP contribution < -0.4 is 5.32 Å². The van der Waals surface area contributed by atoms with Crippen molar-refractivity contribution in [1.29, 1.82) is 0 Å². The molecule has 2 rings (SSSR count). The Bertz CT molecular complexity index is 555. The molecule has 106 valence electrons. The average Bonchev–Trinajstić information content (AvgIpc) is 2.50. The fourth-order valence-electron chi connectivity index (χ4n) is 1.27. The van der Waals surface area contributed by atoms with Crippen molar-refractivity contribution in [2.24, 2.45) is 5.10 Å². The van der Waals surface area contributed by atoms with Crippen molar-refractivity contribution in [3.05, 3.63) is 65.8 Å². The number of hydrogen-bond donors (Lipinski definition) is 1. The van der Waals surface area contributed by atoms with E-state index in [9.17, 15) is 0 Å². The Kier molecular flexibility index (Phi) is 11.1. The zero-order valence-corrected chi connectivity index (χ0v) is 19.2. The Morgan fingerprint density at radius 2 is 1.86 bits per heavy atom. The predicted molar refractivity (Wildman–Crippen MR) is 107 cm³/mol. The van der Waals surface area contributed by atoms with Gasteiger partial charge in [-0.05, 0) is 24.3 Å². The number of nitrogens with one attached hydrogen (secondary N) is 1. The van der Waals surface area contributed by atoms with Crippen LogP contribution in [0.4, 0.5) is 5.69 Å². The maximum absolute atomic E-state index is 4.19. The number of rotatable bonds is 3. The number of benzene rings is 1. The van der Waals surface area contributed by atoms with E-state index >= 15 is 0 Å². The number of hydrogen-bond acceptors (Lipinski definition) is 2. The fraction of sp³-hybridized carbons (Fsp3) is 0. The van der Waals surface area contributed by atoms with Gasteiger partial charge in [0.2, 0.25) is 5.11 Å². The summed E-state index contributed by atoms with van der Waals surface area (Å²) in [4.78, 5) is 4.10. The van der Waals surface area contributed by atoms with Crippen LogP contribution in [0.5, 0.6) is 0 Å². The first-order valence-electron chi connectivity index (χ1n) is 5.91. The molecule has 0 aliphatic rings. The molecular weight excluding hydrogens is 563 g/mol. The maximum Gasteiger partial charge on any atom is 0.212 e. The molecule has 8 heteroatoms. The van der Waals surface area contributed by atoms with Crippen LogP contribution in [0.15, 0.2) is 59.8 Å². The second-order valence-electron chi connectivity index (χ2n) is 3.51. The third kappa shape index (κ3) is 9.44. The average molecular weight is 576 g/mol. The van der Waals surface area contributed by atoms with Crippen LogP contribution in [0.2, 0.25) is 0 Å². The van der Waals surface area contributed by atoms with Gasteiger partial charge in [-0.15, -0.1) is 0 Å². The number of halogens is 2. The Morgan fingerprint density at radius 3 is 2.48 bits per heavy atom. The minimum atomic E-state index is 0.0650. The zero-order chi connectivity index (χ0) is 15.3. The summed E-state index contributed by atoms with van der Waals surface area (Å²) in [6.07, 6.45) is 3.28. The van der Waals surface area contributed by atoms with Crippen molar-refractivity contribution in [3.8, 4) is 0 Å². The van der Waals surface area contributed by atoms with E-state index in [1.165, 1.54) is 0 Å². The molecule has 1 aromatic carbocycles. The molecule has 1 heterocycles. The summed E-state index contributed by atoms with van der Waals surface area (Å²) in [5.74, 6) is 0. The summed E-state index contributed by atoms with van der Waals surface area (Å²) in [6, 6.07) is 15.2. The second kappa shape index (κ2) is 12.4. The van der Waals surface area contributed by atoms with Gasteiger partial charge in [0.05, 0.1) is 5.69 Å². The molecule has 0 aliphatic carbocycles. The molecule has 0 fully saturated rings. The van der Waals surface area contributed by atoms with Crippen LogP contribution in [-0.4, -0.2) is 16.3 Å². The molecule has 4 nitrogen and oxygen atoms in total. The van der Waals surface area contributed by atoms with Crippen molar-refractivity contribution in [3.63, 3.8) is 0 Å². The molecular formula is C13H12I2N4SZn. The number of anilines is 1. The number of aromatic nitrogens is 1. The summed E-state index contributed by atoms with van der Waals surface area (Å²) in [7, 11) is 0.0650. The molecule has 0 amide bonds. The van der Waals surface area contributed by atoms with E-state index in [1.54, 1.807) is 12.4 Å². The van der Waals surface area contributed by atoms with Crippen molar-refractivity contribution < 1.29 is 10.1 Å². The number of nitrogens with zero attached hydrogens (tertiary/aromatic N) is 3. The molecule has 0 unspecified atom stereocenters. The van der Waals surface area contributed by atoms with Gasteiger partial charge in [-0.3, -0.25) is 4.98 Å². The first kappa shape index (κ1) is 18.9. The number of pyridine rings is 1. The van der Waals surface area contributed by atoms with Crippen LogP contribution in [0.1, 0.15) is 5.69 Å². The molecule has 0 radical (unpaired) electrons. The summed E-state index contributed by atoms with van der Waals surface area (Å²) in [6.45, 7) is 0. The van der Waals surface area contributed by atoms with Crippen LogP contribution >= 0.6 is 39.5 Å². The smallest absolute Gasteiger partial charge is 0.212 e. The van der Waals surface area contributed by atoms with Crippen molar-refractivity contribution >= 4 is 68.7 Å². The summed E-state index contributed by atoms with van der Waals surface area (Å²) >= 11 is 9.12. The van der Waals surface area contributed by atoms with Gasteiger partial charge in [0, 0.05) is 18.1 Å². The number of thiol groups is 1. The van der Waals surface area contributed by atoms with Gasteiger partial charge in [0.15, 0.2) is 12.2 Å². The molecule has 0 spiro atoms. The number of para-hydroxylation sites is 1. The van der Waals surface area contributed by atoms with Gasteiger partial charge in [-0.25, -0.2) is 0 Å². The van der Waals surface area contributed by atoms with Gasteiger partial charge in [-0.2, -0.15) is 0 Å². The monoisotopic (exact) mass is 574 g/mol. The first-order valence-corrected chi connectivity index (χ1v) is 24.5. The van der Waals surface area contributed by atoms with Gasteiger partial charge in [-0.1, -0.05) is 24.3 Å². The van der Waals surface area contributed by atoms with Crippen molar-refractivity contribution in [1.82, 2.24) is 4.98 Å². The fourth-order valence-corrected chi connectivity index (χ4v) is 1.45. The van der Waals surface area contributed by atoms with E-state index in [2.05, 4.69) is 72.5 Å². The maximum atomic E-state index is 4.19. The SMILES string of the molecule is [I][Zn][I].[SH+]=C([N-]N=Cc1ccccn1)Nc1ccccc1. The van der Waals surface area contributed by atoms with Gasteiger partial charge < -0.3 is 15.8 Å². The minimum absolute atomic E-state index is 0.0650. The Balaban J connectivity index is 0.000000677. The Morgan fingerprint density at radius 1 is 1.19 bits per heavy atom. The van der Waals surface area contributed by atoms with Crippen LogP contribution in [-0.2, 0) is 22.3 Å². The van der Waals surface area contributed by atoms with Crippen molar-refractivity contribution in [2.75, 3.05) is 5.32 Å². The molecule has 2 aromatic rings. The van der Waals surface area contributed by atoms with E-state index in [0.717, 1.165) is 11.4 Å². The van der Waals surface area contributed by atoms with E-state index in [0.29, 0.717) is 5.11 Å². The zero-order valence-electron chi connectivity index (χ0n) is 11.0. The Labute approximate surface area is 158 Å². The summed E-state index contributed by atoms with van der Waals surface area (Å²) in [5.41, 5.74) is 5.58. The topological polar surface area (TPSA) is 51.4 Å². The second-order valence-corrected chi connectivity index (χ2v) is 27.5. The molecule has 0 aliphatic heterocycles. The standard InChI is InChI=1S/C13H12N4S.2HI.Zn/c18-13(16-11-6-2-1-3-7-11)17-15-10-12-8-4-5-9-14-12;;;/h1-10H,(H2,14,16,17,18);2*1H;/q;;;+2/p-2. The third-order valence-electron chi connectivity index (χ3n) is 2.06. The molecule has 0 atom stereocenters. The molecule has 21 heavy (non-hydrogen) atoms. The third-order valence-corrected chi connectivity index (χ3v) is 2.26. The summed E-state index contributed by atoms with van der Waals surface area (Å²) in [5, 5.41) is 7.33. The summed E-state index contributed by atoms with van der Waals surface area (Å²) < 4.78 is 0. The molecule has 1 N–H and O–H groups in total. The van der Waals surface area contributed by atoms with E-state index in [1.807, 2.05) is 48.5 Å². The largest absolute Gasteiger partial charge is 0.510 e. The molecule has 1 aromatic heterocycles. The minimum Gasteiger partial charge on any atom is -0.510 e. The molecule has 0 saturated heterocycles. The molecule has 0 saturated carbocycles. The van der Waals surface area contributed by atoms with Gasteiger partial charge >= 0.3 is 49.6 Å². The van der Waals surface area contributed by atoms with Crippen molar-refractivity contribution in [2.45, 2.75) is 0 Å². The molecule has 0 bridgehead atoms. The first-order chi connectivity index (χ1) is 10.3. The van der Waals surface area contributed by atoms with Gasteiger partial charge in [0.1, 0.15) is 0 Å².